The number of unbranched alkanes of at least 4 members (excludes halogenated alkanes) is 16. The molecule has 0 fully saturated rings. The van der Waals surface area contributed by atoms with E-state index in [2.05, 4.69) is 66.4 Å². The molecule has 2 nitrogen and oxygen atoms in total. The van der Waals surface area contributed by atoms with Crippen LogP contribution in [0.3, 0.4) is 0 Å². The molecule has 0 amide bonds. The van der Waals surface area contributed by atoms with Gasteiger partial charge in [-0.05, 0) is 24.8 Å². The summed E-state index contributed by atoms with van der Waals surface area (Å²) < 4.78 is 0. The Bertz CT molecular complexity index is 596. The molecule has 0 radical (unpaired) electrons. The van der Waals surface area contributed by atoms with E-state index >= 15 is 0 Å². The third-order valence-electron chi connectivity index (χ3n) is 7.51. The molecule has 0 N–H and O–H groups in total. The lowest BCUT2D eigenvalue weighted by Crippen LogP contribution is -2.38. The monoisotopic (exact) mass is 468 g/mol. The van der Waals surface area contributed by atoms with Crippen LogP contribution in [0.2, 0.25) is 0 Å². The fourth-order valence-electron chi connectivity index (χ4n) is 5.31. The first kappa shape index (κ1) is 28.8. The van der Waals surface area contributed by atoms with E-state index in [9.17, 15) is 0 Å². The Hall–Kier alpha value is -1.44. The van der Waals surface area contributed by atoms with Gasteiger partial charge in [0.1, 0.15) is 6.17 Å². The Labute approximate surface area is 213 Å². The molecular formula is C32H56N2. The quantitative estimate of drug-likeness (QED) is 0.156. The van der Waals surface area contributed by atoms with Crippen LogP contribution in [0.5, 0.6) is 0 Å². The number of hydrogen-bond acceptors (Lipinski definition) is 2. The molecule has 0 aliphatic carbocycles. The van der Waals surface area contributed by atoms with E-state index in [4.69, 9.17) is 0 Å². The molecule has 34 heavy (non-hydrogen) atoms. The molecule has 0 saturated heterocycles. The minimum absolute atomic E-state index is 0.555. The maximum Gasteiger partial charge on any atom is 0.101 e. The maximum absolute atomic E-state index is 2.61. The maximum atomic E-state index is 2.61. The van der Waals surface area contributed by atoms with Crippen LogP contribution >= 0.6 is 0 Å². The van der Waals surface area contributed by atoms with Crippen molar-refractivity contribution in [3.8, 4) is 0 Å². The fraction of sp³-hybridized carbons (Fsp3) is 0.750. The first-order chi connectivity index (χ1) is 16.8. The van der Waals surface area contributed by atoms with E-state index in [0.29, 0.717) is 6.17 Å². The van der Waals surface area contributed by atoms with Crippen LogP contribution in [0.4, 0.5) is 0 Å². The minimum Gasteiger partial charge on any atom is -0.356 e. The standard InChI is InChI=1S/C32H56N2/c1-3-5-7-8-9-10-11-12-13-14-15-16-17-18-22-26-32-33(27-23-6-4-2)28-29-34(32)30-31-24-20-19-21-25-31/h19-21,24-25,28-29,32H,3-18,22-23,26-27,30H2,1-2H3. The van der Waals surface area contributed by atoms with Crippen molar-refractivity contribution in [2.45, 2.75) is 149 Å². The van der Waals surface area contributed by atoms with Crippen molar-refractivity contribution in [3.05, 3.63) is 48.3 Å². The van der Waals surface area contributed by atoms with Crippen molar-refractivity contribution in [3.63, 3.8) is 0 Å². The molecule has 1 aromatic carbocycles. The van der Waals surface area contributed by atoms with Gasteiger partial charge in [0.25, 0.3) is 0 Å². The molecule has 2 heteroatoms. The van der Waals surface area contributed by atoms with E-state index in [1.807, 2.05) is 0 Å². The lowest BCUT2D eigenvalue weighted by Gasteiger charge is -2.33. The number of nitrogens with zero attached hydrogens (tertiary/aromatic N) is 2. The van der Waals surface area contributed by atoms with Crippen molar-refractivity contribution >= 4 is 0 Å². The lowest BCUT2D eigenvalue weighted by molar-refractivity contribution is 0.132. The summed E-state index contributed by atoms with van der Waals surface area (Å²) in [6.45, 7) is 6.84. The van der Waals surface area contributed by atoms with Crippen LogP contribution in [0, 0.1) is 0 Å². The highest BCUT2D eigenvalue weighted by molar-refractivity contribution is 5.15. The van der Waals surface area contributed by atoms with Crippen molar-refractivity contribution in [1.29, 1.82) is 0 Å². The summed E-state index contributed by atoms with van der Waals surface area (Å²) in [5, 5.41) is 0. The minimum atomic E-state index is 0.555. The molecule has 194 valence electrons. The van der Waals surface area contributed by atoms with Gasteiger partial charge in [-0.2, -0.15) is 0 Å². The fourth-order valence-corrected chi connectivity index (χ4v) is 5.31. The zero-order valence-corrected chi connectivity index (χ0v) is 22.9. The number of hydrogen-bond donors (Lipinski definition) is 0. The van der Waals surface area contributed by atoms with Crippen molar-refractivity contribution in [2.24, 2.45) is 0 Å². The van der Waals surface area contributed by atoms with Crippen LogP contribution in [0.25, 0.3) is 0 Å². The third-order valence-corrected chi connectivity index (χ3v) is 7.51. The summed E-state index contributed by atoms with van der Waals surface area (Å²) in [4.78, 5) is 5.19. The molecule has 1 unspecified atom stereocenters. The lowest BCUT2D eigenvalue weighted by atomic mass is 10.0. The molecule has 0 aromatic heterocycles. The van der Waals surface area contributed by atoms with Gasteiger partial charge >= 0.3 is 0 Å². The van der Waals surface area contributed by atoms with Gasteiger partial charge in [0, 0.05) is 25.5 Å². The summed E-state index contributed by atoms with van der Waals surface area (Å²) in [6.07, 6.45) is 32.1. The molecule has 0 bridgehead atoms. The first-order valence-electron chi connectivity index (χ1n) is 15.1. The zero-order chi connectivity index (χ0) is 24.1. The van der Waals surface area contributed by atoms with E-state index in [1.54, 1.807) is 0 Å². The Balaban J connectivity index is 1.53. The summed E-state index contributed by atoms with van der Waals surface area (Å²) in [7, 11) is 0. The van der Waals surface area contributed by atoms with E-state index in [0.717, 1.165) is 6.54 Å². The first-order valence-corrected chi connectivity index (χ1v) is 15.1. The van der Waals surface area contributed by atoms with Crippen LogP contribution in [-0.2, 0) is 6.54 Å². The van der Waals surface area contributed by atoms with Gasteiger partial charge in [0.05, 0.1) is 0 Å². The van der Waals surface area contributed by atoms with Crippen LogP contribution in [0.15, 0.2) is 42.7 Å². The van der Waals surface area contributed by atoms with Gasteiger partial charge in [-0.15, -0.1) is 0 Å². The van der Waals surface area contributed by atoms with E-state index < -0.39 is 0 Å². The Morgan fingerprint density at radius 1 is 0.529 bits per heavy atom. The second kappa shape index (κ2) is 19.8. The molecule has 1 aliphatic rings. The van der Waals surface area contributed by atoms with Crippen molar-refractivity contribution in [1.82, 2.24) is 9.80 Å². The van der Waals surface area contributed by atoms with Gasteiger partial charge in [-0.1, -0.05) is 147 Å². The molecule has 1 aliphatic heterocycles. The van der Waals surface area contributed by atoms with E-state index in [1.165, 1.54) is 134 Å². The van der Waals surface area contributed by atoms with Crippen LogP contribution < -0.4 is 0 Å². The van der Waals surface area contributed by atoms with Gasteiger partial charge in [0.2, 0.25) is 0 Å². The Morgan fingerprint density at radius 3 is 1.56 bits per heavy atom. The summed E-state index contributed by atoms with van der Waals surface area (Å²) in [6, 6.07) is 11.0. The average Bonchev–Trinajstić information content (AvgIpc) is 3.23. The predicted molar refractivity (Wildman–Crippen MR) is 151 cm³/mol. The number of benzene rings is 1. The Kier molecular flexibility index (Phi) is 16.8. The largest absolute Gasteiger partial charge is 0.356 e. The Morgan fingerprint density at radius 2 is 1.00 bits per heavy atom. The highest BCUT2D eigenvalue weighted by Crippen LogP contribution is 2.24. The zero-order valence-electron chi connectivity index (χ0n) is 22.9. The molecule has 2 rings (SSSR count). The highest BCUT2D eigenvalue weighted by Gasteiger charge is 2.25. The highest BCUT2D eigenvalue weighted by atomic mass is 15.4. The summed E-state index contributed by atoms with van der Waals surface area (Å²) in [5.74, 6) is 0. The molecule has 1 atom stereocenters. The topological polar surface area (TPSA) is 6.48 Å². The van der Waals surface area contributed by atoms with Gasteiger partial charge in [-0.25, -0.2) is 0 Å². The molecule has 0 spiro atoms. The van der Waals surface area contributed by atoms with Crippen LogP contribution in [0.1, 0.15) is 141 Å². The molecule has 1 heterocycles. The molecular weight excluding hydrogens is 412 g/mol. The normalized spacial score (nSPS) is 15.5. The number of rotatable bonds is 22. The summed E-state index contributed by atoms with van der Waals surface area (Å²) in [5.41, 5.74) is 1.42. The van der Waals surface area contributed by atoms with Gasteiger partial charge < -0.3 is 9.80 Å². The SMILES string of the molecule is CCCCCCCCCCCCCCCCCC1N(CCCCC)C=CN1Cc1ccccc1. The third kappa shape index (κ3) is 12.9. The summed E-state index contributed by atoms with van der Waals surface area (Å²) >= 11 is 0. The predicted octanol–water partition coefficient (Wildman–Crippen LogP) is 10.1. The van der Waals surface area contributed by atoms with Crippen molar-refractivity contribution < 1.29 is 0 Å². The average molecular weight is 469 g/mol. The second-order valence-corrected chi connectivity index (χ2v) is 10.6. The molecule has 0 saturated carbocycles. The van der Waals surface area contributed by atoms with E-state index in [-0.39, 0.29) is 0 Å². The molecule has 1 aromatic rings. The smallest absolute Gasteiger partial charge is 0.101 e. The van der Waals surface area contributed by atoms with Crippen molar-refractivity contribution in [2.75, 3.05) is 6.54 Å². The van der Waals surface area contributed by atoms with Gasteiger partial charge in [0.15, 0.2) is 0 Å². The van der Waals surface area contributed by atoms with Crippen LogP contribution in [-0.4, -0.2) is 22.5 Å². The second-order valence-electron chi connectivity index (χ2n) is 10.6. The van der Waals surface area contributed by atoms with Gasteiger partial charge in [-0.3, -0.25) is 0 Å².